The van der Waals surface area contributed by atoms with Crippen molar-refractivity contribution >= 4 is 24.0 Å². The van der Waals surface area contributed by atoms with Gasteiger partial charge < -0.3 is 4.74 Å². The van der Waals surface area contributed by atoms with Gasteiger partial charge in [0.05, 0.1) is 5.56 Å². The first-order valence-corrected chi connectivity index (χ1v) is 3.52. The lowest BCUT2D eigenvalue weighted by molar-refractivity contribution is -0.123. The fourth-order valence-electron chi connectivity index (χ4n) is 0.727. The van der Waals surface area contributed by atoms with E-state index in [1.807, 2.05) is 0 Å². The van der Waals surface area contributed by atoms with Gasteiger partial charge in [0.15, 0.2) is 0 Å². The first-order valence-electron chi connectivity index (χ1n) is 3.14. The Balaban J connectivity index is 2.87. The second kappa shape index (κ2) is 3.88. The topological polar surface area (TPSA) is 43.4 Å². The van der Waals surface area contributed by atoms with E-state index in [2.05, 4.69) is 4.74 Å². The van der Waals surface area contributed by atoms with Crippen LogP contribution in [0.2, 0.25) is 5.02 Å². The Morgan fingerprint density at radius 3 is 2.83 bits per heavy atom. The van der Waals surface area contributed by atoms with Crippen molar-refractivity contribution in [3.8, 4) is 0 Å². The summed E-state index contributed by atoms with van der Waals surface area (Å²) in [6, 6.07) is 6.16. The Bertz CT molecular complexity index is 309. The van der Waals surface area contributed by atoms with E-state index < -0.39 is 5.97 Å². The van der Waals surface area contributed by atoms with E-state index >= 15 is 0 Å². The lowest BCUT2D eigenvalue weighted by Gasteiger charge is -1.96. The zero-order chi connectivity index (χ0) is 8.97. The number of ether oxygens (including phenoxy) is 1. The van der Waals surface area contributed by atoms with Crippen LogP contribution in [-0.4, -0.2) is 12.4 Å². The molecule has 0 bridgehead atoms. The predicted octanol–water partition coefficient (Wildman–Crippen LogP) is 1.65. The number of esters is 1. The number of halogens is 1. The maximum Gasteiger partial charge on any atom is 0.345 e. The summed E-state index contributed by atoms with van der Waals surface area (Å²) < 4.78 is 4.10. The van der Waals surface area contributed by atoms with E-state index in [1.165, 1.54) is 12.1 Å². The summed E-state index contributed by atoms with van der Waals surface area (Å²) in [6.07, 6.45) is 0. The van der Waals surface area contributed by atoms with Crippen molar-refractivity contribution in [2.24, 2.45) is 0 Å². The molecule has 0 saturated heterocycles. The molecule has 0 N–H and O–H groups in total. The van der Waals surface area contributed by atoms with Gasteiger partial charge in [0.1, 0.15) is 0 Å². The Hall–Kier alpha value is -1.35. The molecule has 0 atom stereocenters. The van der Waals surface area contributed by atoms with Crippen molar-refractivity contribution in [2.45, 2.75) is 0 Å². The minimum absolute atomic E-state index is 0.0865. The molecule has 0 heterocycles. The lowest BCUT2D eigenvalue weighted by Crippen LogP contribution is -2.02. The van der Waals surface area contributed by atoms with E-state index in [0.29, 0.717) is 5.02 Å². The molecule has 1 aromatic rings. The second-order valence-corrected chi connectivity index (χ2v) is 2.45. The molecular weight excluding hydrogens is 180 g/mol. The molecule has 0 aliphatic carbocycles. The van der Waals surface area contributed by atoms with Crippen molar-refractivity contribution in [3.63, 3.8) is 0 Å². The lowest BCUT2D eigenvalue weighted by atomic mass is 10.2. The first kappa shape index (κ1) is 8.74. The zero-order valence-corrected chi connectivity index (χ0v) is 6.75. The van der Waals surface area contributed by atoms with E-state index in [4.69, 9.17) is 11.6 Å². The second-order valence-electron chi connectivity index (χ2n) is 2.01. The average molecular weight is 185 g/mol. The van der Waals surface area contributed by atoms with Crippen LogP contribution in [0, 0.1) is 0 Å². The molecule has 0 spiro atoms. The van der Waals surface area contributed by atoms with Crippen molar-refractivity contribution in [2.75, 3.05) is 0 Å². The van der Waals surface area contributed by atoms with Crippen LogP contribution in [0.4, 0.5) is 0 Å². The monoisotopic (exact) mass is 184 g/mol. The highest BCUT2D eigenvalue weighted by molar-refractivity contribution is 6.30. The summed E-state index contributed by atoms with van der Waals surface area (Å²) in [5.74, 6) is -0.701. The van der Waals surface area contributed by atoms with Crippen LogP contribution in [0.25, 0.3) is 0 Å². The molecular formula is C8H5ClO3. The predicted molar refractivity (Wildman–Crippen MR) is 42.9 cm³/mol. The van der Waals surface area contributed by atoms with E-state index in [9.17, 15) is 9.59 Å². The minimum Gasteiger partial charge on any atom is -0.392 e. The van der Waals surface area contributed by atoms with Crippen molar-refractivity contribution in [3.05, 3.63) is 34.9 Å². The van der Waals surface area contributed by atoms with E-state index in [0.717, 1.165) is 0 Å². The molecule has 1 aromatic carbocycles. The minimum atomic E-state index is -0.701. The van der Waals surface area contributed by atoms with Crippen LogP contribution in [-0.2, 0) is 9.53 Å². The van der Waals surface area contributed by atoms with E-state index in [-0.39, 0.29) is 12.0 Å². The number of carbonyl (C=O) groups is 2. The van der Waals surface area contributed by atoms with Gasteiger partial charge in [-0.1, -0.05) is 17.7 Å². The fraction of sp³-hybridized carbons (Fsp3) is 0. The molecule has 0 aliphatic heterocycles. The third-order valence-corrected chi connectivity index (χ3v) is 1.45. The number of hydrogen-bond donors (Lipinski definition) is 0. The number of rotatable bonds is 2. The van der Waals surface area contributed by atoms with Gasteiger partial charge in [0.2, 0.25) is 0 Å². The highest BCUT2D eigenvalue weighted by Crippen LogP contribution is 2.10. The summed E-state index contributed by atoms with van der Waals surface area (Å²) in [5.41, 5.74) is 0.259. The summed E-state index contributed by atoms with van der Waals surface area (Å²) in [7, 11) is 0. The first-order chi connectivity index (χ1) is 5.74. The van der Waals surface area contributed by atoms with Gasteiger partial charge >= 0.3 is 12.4 Å². The molecule has 0 amide bonds. The third-order valence-electron chi connectivity index (χ3n) is 1.22. The van der Waals surface area contributed by atoms with Crippen molar-refractivity contribution in [1.82, 2.24) is 0 Å². The standard InChI is InChI=1S/C8H5ClO3/c9-7-3-1-2-6(4-7)8(11)12-5-10/h1-5H. The van der Waals surface area contributed by atoms with Gasteiger partial charge in [-0.25, -0.2) is 4.79 Å². The molecule has 62 valence electrons. The summed E-state index contributed by atoms with van der Waals surface area (Å²) >= 11 is 5.59. The van der Waals surface area contributed by atoms with Crippen molar-refractivity contribution in [1.29, 1.82) is 0 Å². The third kappa shape index (κ3) is 2.07. The van der Waals surface area contributed by atoms with Gasteiger partial charge in [0.25, 0.3) is 0 Å². The number of benzene rings is 1. The van der Waals surface area contributed by atoms with Crippen LogP contribution in [0.15, 0.2) is 24.3 Å². The maximum atomic E-state index is 10.9. The van der Waals surface area contributed by atoms with Crippen LogP contribution < -0.4 is 0 Å². The summed E-state index contributed by atoms with van der Waals surface area (Å²) in [4.78, 5) is 20.7. The van der Waals surface area contributed by atoms with Crippen LogP contribution >= 0.6 is 11.6 Å². The van der Waals surface area contributed by atoms with Gasteiger partial charge in [0, 0.05) is 5.02 Å². The molecule has 0 radical (unpaired) electrons. The molecule has 0 fully saturated rings. The fourth-order valence-corrected chi connectivity index (χ4v) is 0.917. The van der Waals surface area contributed by atoms with Gasteiger partial charge in [-0.15, -0.1) is 0 Å². The largest absolute Gasteiger partial charge is 0.392 e. The molecule has 0 aliphatic rings. The van der Waals surface area contributed by atoms with Gasteiger partial charge in [-0.05, 0) is 18.2 Å². The Morgan fingerprint density at radius 2 is 2.25 bits per heavy atom. The molecule has 3 nitrogen and oxygen atoms in total. The maximum absolute atomic E-state index is 10.9. The Kier molecular flexibility index (Phi) is 2.82. The summed E-state index contributed by atoms with van der Waals surface area (Å²) in [6.45, 7) is 0.0865. The number of hydrogen-bond acceptors (Lipinski definition) is 3. The summed E-state index contributed by atoms with van der Waals surface area (Å²) in [5, 5.41) is 0.426. The van der Waals surface area contributed by atoms with Crippen LogP contribution in [0.1, 0.15) is 10.4 Å². The SMILES string of the molecule is O=COC(=O)c1cccc(Cl)c1. The van der Waals surface area contributed by atoms with Crippen LogP contribution in [0.5, 0.6) is 0 Å². The average Bonchev–Trinajstić information content (AvgIpc) is 2.05. The van der Waals surface area contributed by atoms with E-state index in [1.54, 1.807) is 12.1 Å². The highest BCUT2D eigenvalue weighted by atomic mass is 35.5. The molecule has 0 aromatic heterocycles. The Morgan fingerprint density at radius 1 is 1.50 bits per heavy atom. The zero-order valence-electron chi connectivity index (χ0n) is 5.99. The quantitative estimate of drug-likeness (QED) is 0.399. The Labute approximate surface area is 73.9 Å². The highest BCUT2D eigenvalue weighted by Gasteiger charge is 2.05. The molecule has 12 heavy (non-hydrogen) atoms. The van der Waals surface area contributed by atoms with Crippen molar-refractivity contribution < 1.29 is 14.3 Å². The number of carbonyl (C=O) groups excluding carboxylic acids is 2. The normalized spacial score (nSPS) is 9.08. The smallest absolute Gasteiger partial charge is 0.345 e. The molecule has 1 rings (SSSR count). The van der Waals surface area contributed by atoms with Crippen LogP contribution in [0.3, 0.4) is 0 Å². The molecule has 0 saturated carbocycles. The molecule has 0 unspecified atom stereocenters. The van der Waals surface area contributed by atoms with Gasteiger partial charge in [-0.2, -0.15) is 0 Å². The van der Waals surface area contributed by atoms with Gasteiger partial charge in [-0.3, -0.25) is 4.79 Å². The molecule has 4 heteroatoms.